The van der Waals surface area contributed by atoms with E-state index in [4.69, 9.17) is 11.6 Å². The molecule has 3 aromatic rings. The van der Waals surface area contributed by atoms with Crippen molar-refractivity contribution in [3.63, 3.8) is 0 Å². The third kappa shape index (κ3) is 3.88. The number of carbonyl (C=O) groups excluding carboxylic acids is 1. The molecule has 1 aliphatic rings. The molecule has 28 heavy (non-hydrogen) atoms. The lowest BCUT2D eigenvalue weighted by Gasteiger charge is -2.34. The van der Waals surface area contributed by atoms with Gasteiger partial charge in [-0.25, -0.2) is 0 Å². The summed E-state index contributed by atoms with van der Waals surface area (Å²) in [5.41, 5.74) is 3.59. The van der Waals surface area contributed by atoms with Gasteiger partial charge in [-0.2, -0.15) is 0 Å². The minimum atomic E-state index is 0.0224. The summed E-state index contributed by atoms with van der Waals surface area (Å²) in [5.74, 6) is 0.0691. The van der Waals surface area contributed by atoms with Crippen molar-refractivity contribution in [2.75, 3.05) is 19.6 Å². The summed E-state index contributed by atoms with van der Waals surface area (Å²) in [7, 11) is 0. The van der Waals surface area contributed by atoms with Crippen LogP contribution in [-0.2, 0) is 0 Å². The first kappa shape index (κ1) is 18.5. The van der Waals surface area contributed by atoms with Crippen LogP contribution in [0.4, 0.5) is 0 Å². The predicted molar refractivity (Wildman–Crippen MR) is 112 cm³/mol. The van der Waals surface area contributed by atoms with Crippen LogP contribution in [-0.4, -0.2) is 35.5 Å². The molecule has 1 heterocycles. The number of nitrogens with zero attached hydrogens (tertiary/aromatic N) is 1. The second-order valence-electron chi connectivity index (χ2n) is 6.92. The Bertz CT molecular complexity index is 991. The van der Waals surface area contributed by atoms with Gasteiger partial charge in [-0.1, -0.05) is 60.1 Å². The molecule has 1 atom stereocenters. The highest BCUT2D eigenvalue weighted by Gasteiger charge is 2.25. The Kier molecular flexibility index (Phi) is 5.33. The maximum Gasteiger partial charge on any atom is 0.253 e. The zero-order valence-corrected chi connectivity index (χ0v) is 16.1. The Labute approximate surface area is 169 Å². The fourth-order valence-electron chi connectivity index (χ4n) is 3.54. The summed E-state index contributed by atoms with van der Waals surface area (Å²) < 4.78 is 0. The molecule has 0 bridgehead atoms. The summed E-state index contributed by atoms with van der Waals surface area (Å²) >= 11 is 6.03. The lowest BCUT2D eigenvalue weighted by atomic mass is 10.0. The number of benzene rings is 3. The predicted octanol–water partition coefficient (Wildman–Crippen LogP) is 4.50. The Morgan fingerprint density at radius 3 is 2.57 bits per heavy atom. The van der Waals surface area contributed by atoms with Crippen molar-refractivity contribution in [1.29, 1.82) is 0 Å². The number of aromatic hydroxyl groups is 1. The van der Waals surface area contributed by atoms with Crippen molar-refractivity contribution in [2.24, 2.45) is 0 Å². The molecule has 0 radical (unpaired) electrons. The number of piperazine rings is 1. The molecule has 1 amide bonds. The number of nitrogens with one attached hydrogen (secondary N) is 1. The molecule has 5 heteroatoms. The van der Waals surface area contributed by atoms with Crippen molar-refractivity contribution in [2.45, 2.75) is 6.04 Å². The Morgan fingerprint density at radius 1 is 1.00 bits per heavy atom. The molecule has 0 saturated carbocycles. The molecule has 1 aliphatic heterocycles. The largest absolute Gasteiger partial charge is 0.506 e. The molecule has 142 valence electrons. The van der Waals surface area contributed by atoms with E-state index in [2.05, 4.69) is 17.4 Å². The topological polar surface area (TPSA) is 52.6 Å². The van der Waals surface area contributed by atoms with E-state index in [1.165, 1.54) is 5.56 Å². The van der Waals surface area contributed by atoms with Crippen LogP contribution in [0.5, 0.6) is 5.75 Å². The highest BCUT2D eigenvalue weighted by Crippen LogP contribution is 2.30. The molecule has 4 nitrogen and oxygen atoms in total. The highest BCUT2D eigenvalue weighted by molar-refractivity contribution is 6.32. The van der Waals surface area contributed by atoms with Crippen LogP contribution in [0.15, 0.2) is 72.8 Å². The molecule has 2 N–H and O–H groups in total. The summed E-state index contributed by atoms with van der Waals surface area (Å²) in [6, 6.07) is 22.9. The molecule has 1 fully saturated rings. The normalized spacial score (nSPS) is 16.8. The number of carbonyl (C=O) groups is 1. The minimum absolute atomic E-state index is 0.0224. The number of hydrogen-bond acceptors (Lipinski definition) is 3. The van der Waals surface area contributed by atoms with Crippen molar-refractivity contribution in [3.8, 4) is 16.9 Å². The van der Waals surface area contributed by atoms with Crippen LogP contribution in [0.2, 0.25) is 5.02 Å². The van der Waals surface area contributed by atoms with Gasteiger partial charge in [0, 0.05) is 31.2 Å². The number of amides is 1. The van der Waals surface area contributed by atoms with Crippen molar-refractivity contribution in [3.05, 3.63) is 88.9 Å². The zero-order valence-electron chi connectivity index (χ0n) is 15.3. The third-order valence-corrected chi connectivity index (χ3v) is 5.36. The SMILES string of the molecule is O=C(c1cccc(-c2ccc(O)c(Cl)c2)c1)N1CCNC(c2ccccc2)C1. The minimum Gasteiger partial charge on any atom is -0.506 e. The number of phenolic OH excluding ortho intramolecular Hbond substituents is 1. The molecular formula is C23H21ClN2O2. The maximum absolute atomic E-state index is 13.1. The standard InChI is InChI=1S/C23H21ClN2O2/c24-20-14-18(9-10-22(20)27)17-7-4-8-19(13-17)23(28)26-12-11-25-21(15-26)16-5-2-1-3-6-16/h1-10,13-14,21,25,27H,11-12,15H2. The fourth-order valence-corrected chi connectivity index (χ4v) is 3.72. The Morgan fingerprint density at radius 2 is 1.79 bits per heavy atom. The molecule has 1 saturated heterocycles. The van der Waals surface area contributed by atoms with Gasteiger partial charge >= 0.3 is 0 Å². The lowest BCUT2D eigenvalue weighted by Crippen LogP contribution is -2.48. The van der Waals surface area contributed by atoms with Crippen LogP contribution >= 0.6 is 11.6 Å². The fraction of sp³-hybridized carbons (Fsp3) is 0.174. The zero-order chi connectivity index (χ0) is 19.5. The van der Waals surface area contributed by atoms with Gasteiger partial charge in [-0.3, -0.25) is 4.79 Å². The average molecular weight is 393 g/mol. The second kappa shape index (κ2) is 8.05. The van der Waals surface area contributed by atoms with E-state index in [0.717, 1.165) is 17.7 Å². The van der Waals surface area contributed by atoms with E-state index < -0.39 is 0 Å². The Balaban J connectivity index is 1.55. The van der Waals surface area contributed by atoms with Gasteiger partial charge in [0.05, 0.1) is 5.02 Å². The van der Waals surface area contributed by atoms with Crippen molar-refractivity contribution in [1.82, 2.24) is 10.2 Å². The van der Waals surface area contributed by atoms with E-state index >= 15 is 0 Å². The number of halogens is 1. The summed E-state index contributed by atoms with van der Waals surface area (Å²) in [5, 5.41) is 13.4. The summed E-state index contributed by atoms with van der Waals surface area (Å²) in [4.78, 5) is 15.0. The average Bonchev–Trinajstić information content (AvgIpc) is 2.76. The first-order valence-electron chi connectivity index (χ1n) is 9.28. The van der Waals surface area contributed by atoms with E-state index in [0.29, 0.717) is 23.7 Å². The summed E-state index contributed by atoms with van der Waals surface area (Å²) in [6.07, 6.45) is 0. The van der Waals surface area contributed by atoms with Gasteiger partial charge in [0.15, 0.2) is 0 Å². The molecule has 3 aromatic carbocycles. The van der Waals surface area contributed by atoms with Crippen LogP contribution in [0, 0.1) is 0 Å². The van der Waals surface area contributed by atoms with E-state index in [9.17, 15) is 9.90 Å². The molecule has 1 unspecified atom stereocenters. The van der Waals surface area contributed by atoms with Gasteiger partial charge in [0.1, 0.15) is 5.75 Å². The first-order valence-corrected chi connectivity index (χ1v) is 9.66. The highest BCUT2D eigenvalue weighted by atomic mass is 35.5. The van der Waals surface area contributed by atoms with Crippen LogP contribution in [0.25, 0.3) is 11.1 Å². The Hall–Kier alpha value is -2.82. The van der Waals surface area contributed by atoms with Gasteiger partial charge in [0.2, 0.25) is 0 Å². The monoisotopic (exact) mass is 392 g/mol. The van der Waals surface area contributed by atoms with Crippen molar-refractivity contribution >= 4 is 17.5 Å². The molecule has 4 rings (SSSR count). The van der Waals surface area contributed by atoms with Gasteiger partial charge in [0.25, 0.3) is 5.91 Å². The smallest absolute Gasteiger partial charge is 0.253 e. The van der Waals surface area contributed by atoms with Gasteiger partial charge in [-0.15, -0.1) is 0 Å². The lowest BCUT2D eigenvalue weighted by molar-refractivity contribution is 0.0703. The summed E-state index contributed by atoms with van der Waals surface area (Å²) in [6.45, 7) is 2.08. The maximum atomic E-state index is 13.1. The third-order valence-electron chi connectivity index (χ3n) is 5.06. The number of rotatable bonds is 3. The second-order valence-corrected chi connectivity index (χ2v) is 7.32. The number of phenols is 1. The van der Waals surface area contributed by atoms with Crippen molar-refractivity contribution < 1.29 is 9.90 Å². The van der Waals surface area contributed by atoms with Crippen LogP contribution in [0.1, 0.15) is 22.0 Å². The molecule has 0 aromatic heterocycles. The molecular weight excluding hydrogens is 372 g/mol. The van der Waals surface area contributed by atoms with Gasteiger partial charge in [-0.05, 0) is 41.0 Å². The quantitative estimate of drug-likeness (QED) is 0.690. The van der Waals surface area contributed by atoms with E-state index in [-0.39, 0.29) is 17.7 Å². The number of hydrogen-bond donors (Lipinski definition) is 2. The molecule has 0 spiro atoms. The molecule has 0 aliphatic carbocycles. The van der Waals surface area contributed by atoms with E-state index in [1.807, 2.05) is 47.4 Å². The van der Waals surface area contributed by atoms with Crippen LogP contribution in [0.3, 0.4) is 0 Å². The van der Waals surface area contributed by atoms with Gasteiger partial charge < -0.3 is 15.3 Å². The van der Waals surface area contributed by atoms with E-state index in [1.54, 1.807) is 18.2 Å². The van der Waals surface area contributed by atoms with Crippen LogP contribution < -0.4 is 5.32 Å². The first-order chi connectivity index (χ1) is 13.6.